The number of halogens is 1. The van der Waals surface area contributed by atoms with Gasteiger partial charge in [0, 0.05) is 36.9 Å². The number of hydrogen-bond acceptors (Lipinski definition) is 4. The second kappa shape index (κ2) is 8.05. The van der Waals surface area contributed by atoms with Crippen LogP contribution in [0.3, 0.4) is 0 Å². The molecule has 0 bridgehead atoms. The SMILES string of the molecule is CN(C)C(=O)c1ccc2c(c1)nnn2CCNC(=O)Nc1ccc(Cl)cc1. The Balaban J connectivity index is 1.58. The Morgan fingerprint density at radius 1 is 1.15 bits per heavy atom. The van der Waals surface area contributed by atoms with E-state index in [9.17, 15) is 9.59 Å². The van der Waals surface area contributed by atoms with E-state index in [1.54, 1.807) is 61.2 Å². The smallest absolute Gasteiger partial charge is 0.319 e. The predicted octanol–water partition coefficient (Wildman–Crippen LogP) is 2.61. The summed E-state index contributed by atoms with van der Waals surface area (Å²) in [5.41, 5.74) is 2.64. The van der Waals surface area contributed by atoms with Gasteiger partial charge in [-0.05, 0) is 42.5 Å². The normalized spacial score (nSPS) is 10.6. The highest BCUT2D eigenvalue weighted by atomic mass is 35.5. The molecule has 0 atom stereocenters. The molecule has 27 heavy (non-hydrogen) atoms. The van der Waals surface area contributed by atoms with Crippen LogP contribution in [0.15, 0.2) is 42.5 Å². The monoisotopic (exact) mass is 386 g/mol. The number of amides is 3. The predicted molar refractivity (Wildman–Crippen MR) is 104 cm³/mol. The summed E-state index contributed by atoms with van der Waals surface area (Å²) < 4.78 is 1.68. The molecular formula is C18H19ClN6O2. The zero-order valence-electron chi connectivity index (χ0n) is 14.9. The van der Waals surface area contributed by atoms with Gasteiger partial charge in [-0.3, -0.25) is 4.79 Å². The maximum absolute atomic E-state index is 12.0. The first-order chi connectivity index (χ1) is 12.9. The van der Waals surface area contributed by atoms with Crippen LogP contribution in [0.25, 0.3) is 11.0 Å². The number of nitrogens with zero attached hydrogens (tertiary/aromatic N) is 4. The molecule has 0 fully saturated rings. The minimum Gasteiger partial charge on any atom is -0.345 e. The first-order valence-electron chi connectivity index (χ1n) is 8.29. The number of nitrogens with one attached hydrogen (secondary N) is 2. The fourth-order valence-electron chi connectivity index (χ4n) is 2.51. The Hall–Kier alpha value is -3.13. The molecule has 3 amide bonds. The van der Waals surface area contributed by atoms with Gasteiger partial charge in [0.25, 0.3) is 5.91 Å². The third-order valence-corrected chi connectivity index (χ3v) is 4.13. The summed E-state index contributed by atoms with van der Waals surface area (Å²) in [5, 5.41) is 14.3. The average Bonchev–Trinajstić information content (AvgIpc) is 3.05. The zero-order chi connectivity index (χ0) is 19.4. The molecule has 2 aromatic carbocycles. The van der Waals surface area contributed by atoms with E-state index in [1.807, 2.05) is 0 Å². The van der Waals surface area contributed by atoms with Crippen LogP contribution in [-0.2, 0) is 6.54 Å². The maximum atomic E-state index is 12.0. The Kier molecular flexibility index (Phi) is 5.56. The van der Waals surface area contributed by atoms with Crippen LogP contribution in [0.2, 0.25) is 5.02 Å². The van der Waals surface area contributed by atoms with Crippen molar-refractivity contribution in [3.8, 4) is 0 Å². The van der Waals surface area contributed by atoms with Gasteiger partial charge in [-0.2, -0.15) is 0 Å². The highest BCUT2D eigenvalue weighted by Crippen LogP contribution is 2.15. The Morgan fingerprint density at radius 3 is 2.59 bits per heavy atom. The number of fused-ring (bicyclic) bond motifs is 1. The largest absolute Gasteiger partial charge is 0.345 e. The molecule has 3 aromatic rings. The standard InChI is InChI=1S/C18H19ClN6O2/c1-24(2)17(26)12-3-8-16-15(11-12)22-23-25(16)10-9-20-18(27)21-14-6-4-13(19)5-7-14/h3-8,11H,9-10H2,1-2H3,(H2,20,21,27). The maximum Gasteiger partial charge on any atom is 0.319 e. The number of hydrogen-bond donors (Lipinski definition) is 2. The lowest BCUT2D eigenvalue weighted by atomic mass is 10.2. The first-order valence-corrected chi connectivity index (χ1v) is 8.67. The molecule has 0 unspecified atom stereocenters. The van der Waals surface area contributed by atoms with Crippen molar-refractivity contribution in [2.45, 2.75) is 6.54 Å². The minimum atomic E-state index is -0.319. The van der Waals surface area contributed by atoms with Gasteiger partial charge in [0.05, 0.1) is 12.1 Å². The van der Waals surface area contributed by atoms with Crippen LogP contribution in [0, 0.1) is 0 Å². The summed E-state index contributed by atoms with van der Waals surface area (Å²) in [5.74, 6) is -0.0908. The summed E-state index contributed by atoms with van der Waals surface area (Å²) >= 11 is 5.81. The Bertz CT molecular complexity index is 968. The Labute approximate surface area is 161 Å². The quantitative estimate of drug-likeness (QED) is 0.705. The molecule has 1 heterocycles. The minimum absolute atomic E-state index is 0.0908. The molecule has 0 saturated heterocycles. The van der Waals surface area contributed by atoms with Gasteiger partial charge in [-0.15, -0.1) is 5.10 Å². The molecule has 0 aliphatic rings. The number of benzene rings is 2. The second-order valence-electron chi connectivity index (χ2n) is 6.10. The number of carbonyl (C=O) groups is 2. The van der Waals surface area contributed by atoms with Crippen LogP contribution in [-0.4, -0.2) is 52.5 Å². The summed E-state index contributed by atoms with van der Waals surface area (Å²) in [6.45, 7) is 0.821. The molecule has 3 rings (SSSR count). The summed E-state index contributed by atoms with van der Waals surface area (Å²) in [6.07, 6.45) is 0. The van der Waals surface area contributed by atoms with Gasteiger partial charge < -0.3 is 15.5 Å². The molecule has 0 aliphatic carbocycles. The van der Waals surface area contributed by atoms with E-state index in [0.717, 1.165) is 5.52 Å². The number of carbonyl (C=O) groups excluding carboxylic acids is 2. The van der Waals surface area contributed by atoms with Gasteiger partial charge in [-0.25, -0.2) is 9.48 Å². The van der Waals surface area contributed by atoms with Gasteiger partial charge in [0.15, 0.2) is 0 Å². The van der Waals surface area contributed by atoms with Gasteiger partial charge in [0.1, 0.15) is 5.52 Å². The zero-order valence-corrected chi connectivity index (χ0v) is 15.7. The first kappa shape index (κ1) is 18.7. The van der Waals surface area contributed by atoms with Gasteiger partial charge in [-0.1, -0.05) is 16.8 Å². The molecular weight excluding hydrogens is 368 g/mol. The number of anilines is 1. The van der Waals surface area contributed by atoms with Gasteiger partial charge in [0.2, 0.25) is 0 Å². The van der Waals surface area contributed by atoms with Crippen molar-refractivity contribution in [3.05, 3.63) is 53.1 Å². The molecule has 0 radical (unpaired) electrons. The topological polar surface area (TPSA) is 92.2 Å². The van der Waals surface area contributed by atoms with Crippen LogP contribution in [0.4, 0.5) is 10.5 Å². The second-order valence-corrected chi connectivity index (χ2v) is 6.54. The van der Waals surface area contributed by atoms with E-state index in [4.69, 9.17) is 11.6 Å². The van der Waals surface area contributed by atoms with Crippen molar-refractivity contribution in [2.75, 3.05) is 26.0 Å². The van der Waals surface area contributed by atoms with E-state index in [0.29, 0.717) is 34.9 Å². The molecule has 8 nitrogen and oxygen atoms in total. The lowest BCUT2D eigenvalue weighted by Crippen LogP contribution is -2.31. The summed E-state index contributed by atoms with van der Waals surface area (Å²) in [7, 11) is 3.40. The summed E-state index contributed by atoms with van der Waals surface area (Å²) in [6, 6.07) is 11.8. The van der Waals surface area contributed by atoms with Crippen molar-refractivity contribution < 1.29 is 9.59 Å². The highest BCUT2D eigenvalue weighted by molar-refractivity contribution is 6.30. The van der Waals surface area contributed by atoms with Crippen molar-refractivity contribution in [3.63, 3.8) is 0 Å². The van der Waals surface area contributed by atoms with E-state index in [-0.39, 0.29) is 11.9 Å². The molecule has 1 aromatic heterocycles. The summed E-state index contributed by atoms with van der Waals surface area (Å²) in [4.78, 5) is 25.5. The lowest BCUT2D eigenvalue weighted by Gasteiger charge is -2.10. The molecule has 0 spiro atoms. The number of aromatic nitrogens is 3. The average molecular weight is 387 g/mol. The third kappa shape index (κ3) is 4.53. The fraction of sp³-hybridized carbons (Fsp3) is 0.222. The molecule has 0 aliphatic heterocycles. The fourth-order valence-corrected chi connectivity index (χ4v) is 2.64. The number of rotatable bonds is 5. The van der Waals surface area contributed by atoms with Crippen LogP contribution in [0.1, 0.15) is 10.4 Å². The number of urea groups is 1. The molecule has 140 valence electrons. The molecule has 9 heteroatoms. The van der Waals surface area contributed by atoms with Crippen molar-refractivity contribution in [1.82, 2.24) is 25.2 Å². The molecule has 2 N–H and O–H groups in total. The highest BCUT2D eigenvalue weighted by Gasteiger charge is 2.11. The third-order valence-electron chi connectivity index (χ3n) is 3.88. The van der Waals surface area contributed by atoms with Gasteiger partial charge >= 0.3 is 6.03 Å². The van der Waals surface area contributed by atoms with Crippen LogP contribution >= 0.6 is 11.6 Å². The van der Waals surface area contributed by atoms with Crippen LogP contribution in [0.5, 0.6) is 0 Å². The Morgan fingerprint density at radius 2 is 1.89 bits per heavy atom. The molecule has 0 saturated carbocycles. The van der Waals surface area contributed by atoms with E-state index in [1.165, 1.54) is 4.90 Å². The van der Waals surface area contributed by atoms with E-state index >= 15 is 0 Å². The van der Waals surface area contributed by atoms with E-state index in [2.05, 4.69) is 20.9 Å². The van der Waals surface area contributed by atoms with E-state index < -0.39 is 0 Å². The van der Waals surface area contributed by atoms with Crippen molar-refractivity contribution >= 4 is 40.3 Å². The van der Waals surface area contributed by atoms with Crippen molar-refractivity contribution in [2.24, 2.45) is 0 Å². The van der Waals surface area contributed by atoms with Crippen molar-refractivity contribution in [1.29, 1.82) is 0 Å². The van der Waals surface area contributed by atoms with Crippen LogP contribution < -0.4 is 10.6 Å². The lowest BCUT2D eigenvalue weighted by molar-refractivity contribution is 0.0827.